The molecule has 4 heteroatoms. The van der Waals surface area contributed by atoms with Crippen LogP contribution in [0.2, 0.25) is 5.15 Å². The fourth-order valence-corrected chi connectivity index (χ4v) is 2.71. The van der Waals surface area contributed by atoms with Crippen LogP contribution < -0.4 is 4.74 Å². The van der Waals surface area contributed by atoms with Crippen molar-refractivity contribution in [3.63, 3.8) is 0 Å². The number of hydrogen-bond acceptors (Lipinski definition) is 3. The minimum Gasteiger partial charge on any atom is -0.496 e. The van der Waals surface area contributed by atoms with Crippen molar-refractivity contribution in [3.05, 3.63) is 52.7 Å². The van der Waals surface area contributed by atoms with Crippen molar-refractivity contribution in [1.29, 1.82) is 0 Å². The van der Waals surface area contributed by atoms with Crippen LogP contribution in [0.25, 0.3) is 22.0 Å². The van der Waals surface area contributed by atoms with Crippen LogP contribution in [0.1, 0.15) is 11.1 Å². The Labute approximate surface area is 128 Å². The molecule has 0 aliphatic heterocycles. The van der Waals surface area contributed by atoms with Crippen molar-refractivity contribution >= 4 is 22.4 Å². The van der Waals surface area contributed by atoms with Crippen LogP contribution in [0.5, 0.6) is 5.75 Å². The predicted molar refractivity (Wildman–Crippen MR) is 86.0 cm³/mol. The second-order valence-corrected chi connectivity index (χ2v) is 5.33. The molecule has 0 atom stereocenters. The molecular formula is C17H15ClN2O. The van der Waals surface area contributed by atoms with Crippen LogP contribution >= 0.6 is 11.6 Å². The molecule has 1 aromatic heterocycles. The minimum atomic E-state index is 0.414. The van der Waals surface area contributed by atoms with Crippen LogP contribution in [-0.4, -0.2) is 17.3 Å². The normalized spacial score (nSPS) is 10.9. The molecule has 2 aromatic carbocycles. The summed E-state index contributed by atoms with van der Waals surface area (Å²) in [6, 6.07) is 11.9. The van der Waals surface area contributed by atoms with E-state index in [9.17, 15) is 0 Å². The molecule has 0 saturated heterocycles. The first-order valence-electron chi connectivity index (χ1n) is 6.69. The van der Waals surface area contributed by atoms with Crippen molar-refractivity contribution in [3.8, 4) is 17.0 Å². The fourth-order valence-electron chi connectivity index (χ4n) is 2.51. The summed E-state index contributed by atoms with van der Waals surface area (Å²) in [5.41, 5.74) is 4.01. The van der Waals surface area contributed by atoms with Crippen molar-refractivity contribution in [2.45, 2.75) is 13.8 Å². The molecule has 0 N–H and O–H groups in total. The van der Waals surface area contributed by atoms with E-state index >= 15 is 0 Å². The lowest BCUT2D eigenvalue weighted by molar-refractivity contribution is 0.413. The third-order valence-corrected chi connectivity index (χ3v) is 4.06. The molecule has 3 aromatic rings. The van der Waals surface area contributed by atoms with Crippen molar-refractivity contribution < 1.29 is 4.74 Å². The molecule has 21 heavy (non-hydrogen) atoms. The van der Waals surface area contributed by atoms with Gasteiger partial charge < -0.3 is 4.74 Å². The Morgan fingerprint density at radius 2 is 1.67 bits per heavy atom. The van der Waals surface area contributed by atoms with E-state index in [2.05, 4.69) is 23.2 Å². The molecule has 0 spiro atoms. The first-order chi connectivity index (χ1) is 10.1. The van der Waals surface area contributed by atoms with Crippen molar-refractivity contribution in [2.75, 3.05) is 7.11 Å². The molecule has 0 aliphatic carbocycles. The Morgan fingerprint density at radius 3 is 2.38 bits per heavy atom. The first kappa shape index (κ1) is 13.8. The van der Waals surface area contributed by atoms with E-state index in [1.807, 2.05) is 37.3 Å². The SMILES string of the molecule is COc1c(-c2nnc(Cl)c3ccccc23)ccc(C)c1C. The highest BCUT2D eigenvalue weighted by atomic mass is 35.5. The number of methoxy groups -OCH3 is 1. The topological polar surface area (TPSA) is 35.0 Å². The lowest BCUT2D eigenvalue weighted by Gasteiger charge is -2.14. The van der Waals surface area contributed by atoms with Gasteiger partial charge in [0.25, 0.3) is 0 Å². The summed E-state index contributed by atoms with van der Waals surface area (Å²) in [6.07, 6.45) is 0. The number of aryl methyl sites for hydroxylation is 1. The van der Waals surface area contributed by atoms with E-state index in [1.165, 1.54) is 5.56 Å². The standard InChI is InChI=1S/C17H15ClN2O/c1-10-8-9-14(16(21-3)11(10)2)15-12-6-4-5-7-13(12)17(18)20-19-15/h4-9H,1-3H3. The van der Waals surface area contributed by atoms with E-state index in [0.29, 0.717) is 5.15 Å². The van der Waals surface area contributed by atoms with E-state index in [-0.39, 0.29) is 0 Å². The molecule has 0 saturated carbocycles. The molecule has 0 aliphatic rings. The number of aromatic nitrogens is 2. The number of ether oxygens (including phenoxy) is 1. The number of benzene rings is 2. The Bertz CT molecular complexity index is 830. The fraction of sp³-hybridized carbons (Fsp3) is 0.176. The van der Waals surface area contributed by atoms with Crippen LogP contribution in [0, 0.1) is 13.8 Å². The highest BCUT2D eigenvalue weighted by Crippen LogP contribution is 2.37. The maximum atomic E-state index is 6.14. The van der Waals surface area contributed by atoms with Gasteiger partial charge in [-0.1, -0.05) is 41.9 Å². The zero-order valence-corrected chi connectivity index (χ0v) is 12.9. The third-order valence-electron chi connectivity index (χ3n) is 3.78. The number of fused-ring (bicyclic) bond motifs is 1. The van der Waals surface area contributed by atoms with Crippen molar-refractivity contribution in [2.24, 2.45) is 0 Å². The van der Waals surface area contributed by atoms with E-state index in [0.717, 1.165) is 33.3 Å². The third kappa shape index (κ3) is 2.24. The van der Waals surface area contributed by atoms with Gasteiger partial charge in [0.15, 0.2) is 5.15 Å². The summed E-state index contributed by atoms with van der Waals surface area (Å²) >= 11 is 6.14. The summed E-state index contributed by atoms with van der Waals surface area (Å²) < 4.78 is 5.59. The molecule has 106 valence electrons. The molecule has 0 radical (unpaired) electrons. The maximum Gasteiger partial charge on any atom is 0.159 e. The summed E-state index contributed by atoms with van der Waals surface area (Å²) in [5.74, 6) is 0.830. The van der Waals surface area contributed by atoms with Crippen LogP contribution in [-0.2, 0) is 0 Å². The van der Waals surface area contributed by atoms with Crippen molar-refractivity contribution in [1.82, 2.24) is 10.2 Å². The number of rotatable bonds is 2. The summed E-state index contributed by atoms with van der Waals surface area (Å²) in [7, 11) is 1.68. The Hall–Kier alpha value is -2.13. The molecule has 3 nitrogen and oxygen atoms in total. The monoisotopic (exact) mass is 298 g/mol. The lowest BCUT2D eigenvalue weighted by Crippen LogP contribution is -1.97. The van der Waals surface area contributed by atoms with Gasteiger partial charge >= 0.3 is 0 Å². The summed E-state index contributed by atoms with van der Waals surface area (Å²) in [6.45, 7) is 4.11. The molecule has 0 fully saturated rings. The highest BCUT2D eigenvalue weighted by Gasteiger charge is 2.16. The first-order valence-corrected chi connectivity index (χ1v) is 7.06. The van der Waals surface area contributed by atoms with Gasteiger partial charge in [0.1, 0.15) is 11.4 Å². The van der Waals surface area contributed by atoms with Gasteiger partial charge in [-0.3, -0.25) is 0 Å². The summed E-state index contributed by atoms with van der Waals surface area (Å²) in [5, 5.41) is 10.6. The average Bonchev–Trinajstić information content (AvgIpc) is 2.51. The Balaban J connectivity index is 2.37. The number of halogens is 1. The van der Waals surface area contributed by atoms with Gasteiger partial charge in [-0.2, -0.15) is 0 Å². The van der Waals surface area contributed by atoms with Crippen LogP contribution in [0.15, 0.2) is 36.4 Å². The molecule has 1 heterocycles. The Morgan fingerprint density at radius 1 is 0.952 bits per heavy atom. The minimum absolute atomic E-state index is 0.414. The van der Waals surface area contributed by atoms with Gasteiger partial charge in [-0.25, -0.2) is 0 Å². The second kappa shape index (κ2) is 5.34. The quantitative estimate of drug-likeness (QED) is 0.695. The van der Waals surface area contributed by atoms with E-state index in [1.54, 1.807) is 7.11 Å². The molecule has 0 unspecified atom stereocenters. The smallest absolute Gasteiger partial charge is 0.159 e. The predicted octanol–water partition coefficient (Wildman–Crippen LogP) is 4.58. The highest BCUT2D eigenvalue weighted by molar-refractivity contribution is 6.34. The van der Waals surface area contributed by atoms with Gasteiger partial charge in [-0.15, -0.1) is 10.2 Å². The average molecular weight is 299 g/mol. The maximum absolute atomic E-state index is 6.14. The zero-order chi connectivity index (χ0) is 15.0. The van der Waals surface area contributed by atoms with Crippen LogP contribution in [0.3, 0.4) is 0 Å². The number of hydrogen-bond donors (Lipinski definition) is 0. The van der Waals surface area contributed by atoms with Crippen LogP contribution in [0.4, 0.5) is 0 Å². The molecule has 0 bridgehead atoms. The summed E-state index contributed by atoms with van der Waals surface area (Å²) in [4.78, 5) is 0. The number of nitrogens with zero attached hydrogens (tertiary/aromatic N) is 2. The van der Waals surface area contributed by atoms with Gasteiger partial charge in [0.2, 0.25) is 0 Å². The van der Waals surface area contributed by atoms with Gasteiger partial charge in [0, 0.05) is 16.3 Å². The van der Waals surface area contributed by atoms with E-state index < -0.39 is 0 Å². The van der Waals surface area contributed by atoms with Gasteiger partial charge in [-0.05, 0) is 31.0 Å². The molecule has 3 rings (SSSR count). The molecular weight excluding hydrogens is 284 g/mol. The van der Waals surface area contributed by atoms with E-state index in [4.69, 9.17) is 16.3 Å². The largest absolute Gasteiger partial charge is 0.496 e. The zero-order valence-electron chi connectivity index (χ0n) is 12.1. The van der Waals surface area contributed by atoms with Gasteiger partial charge in [0.05, 0.1) is 7.11 Å². The lowest BCUT2D eigenvalue weighted by atomic mass is 9.99. The Kier molecular flexibility index (Phi) is 3.52. The molecule has 0 amide bonds. The second-order valence-electron chi connectivity index (χ2n) is 4.97.